The molecule has 0 fully saturated rings. The third-order valence-electron chi connectivity index (χ3n) is 14.3. The Bertz CT molecular complexity index is 3130. The Morgan fingerprint density at radius 3 is 2.07 bits per heavy atom. The van der Waals surface area contributed by atoms with Crippen LogP contribution in [0.3, 0.4) is 0 Å². The Morgan fingerprint density at radius 2 is 1.36 bits per heavy atom. The van der Waals surface area contributed by atoms with E-state index in [1.54, 1.807) is 5.57 Å². The SMILES string of the molecule is CCC1(C)C2=C(CCC=C2)c2ccc(-n3c4ccccc4c4ccc(N(C5=CC(C)C(C(C)(C)C)C=C5)c5cccc6c7ccccc7c7ccccc7c56)cc43)cc21. The van der Waals surface area contributed by atoms with E-state index in [0.29, 0.717) is 11.8 Å². The van der Waals surface area contributed by atoms with Gasteiger partial charge in [-0.3, -0.25) is 0 Å². The van der Waals surface area contributed by atoms with E-state index in [1.165, 1.54) is 87.9 Å². The van der Waals surface area contributed by atoms with Crippen molar-refractivity contribution in [3.63, 3.8) is 0 Å². The highest BCUT2D eigenvalue weighted by molar-refractivity contribution is 6.28. The van der Waals surface area contributed by atoms with Crippen LogP contribution in [0.15, 0.2) is 169 Å². The second-order valence-corrected chi connectivity index (χ2v) is 18.6. The minimum absolute atomic E-state index is 0.00102. The van der Waals surface area contributed by atoms with E-state index >= 15 is 0 Å². The Hall–Kier alpha value is -6.12. The lowest BCUT2D eigenvalue weighted by molar-refractivity contribution is 0.243. The number of nitrogens with zero attached hydrogens (tertiary/aromatic N) is 2. The number of hydrogen-bond acceptors (Lipinski definition) is 1. The quantitative estimate of drug-likeness (QED) is 0.158. The van der Waals surface area contributed by atoms with Crippen LogP contribution in [0.25, 0.3) is 65.4 Å². The van der Waals surface area contributed by atoms with Gasteiger partial charge in [-0.1, -0.05) is 157 Å². The summed E-state index contributed by atoms with van der Waals surface area (Å²) in [7, 11) is 0. The second kappa shape index (κ2) is 13.2. The van der Waals surface area contributed by atoms with Gasteiger partial charge in [-0.25, -0.2) is 0 Å². The summed E-state index contributed by atoms with van der Waals surface area (Å²) in [4.78, 5) is 2.55. The molecule has 3 aliphatic rings. The maximum absolute atomic E-state index is 2.55. The molecule has 3 atom stereocenters. The molecular weight excluding hydrogens is 713 g/mol. The molecule has 0 radical (unpaired) electrons. The zero-order chi connectivity index (χ0) is 40.2. The standard InChI is InChI=1S/C57H52N2/c1-7-57(6)50-24-14-12-20-43(50)44-30-27-38(34-51(44)57)59-52-25-15-13-21-45(52)46-31-28-39(35-54(46)59)58(37-29-32-49(36(2)33-37)56(3,4)5)53-26-16-23-48-42-18-9-8-17-40(42)41-19-10-11-22-47(41)55(48)53/h8-11,13-19,21-36,49H,7,12,20H2,1-6H3. The summed E-state index contributed by atoms with van der Waals surface area (Å²) in [5.74, 6) is 0.813. The van der Waals surface area contributed by atoms with Crippen molar-refractivity contribution >= 4 is 71.1 Å². The first-order chi connectivity index (χ1) is 28.7. The van der Waals surface area contributed by atoms with E-state index in [2.05, 4.69) is 209 Å². The Morgan fingerprint density at radius 1 is 0.695 bits per heavy atom. The zero-order valence-electron chi connectivity index (χ0n) is 35.2. The topological polar surface area (TPSA) is 8.17 Å². The van der Waals surface area contributed by atoms with Gasteiger partial charge in [0.25, 0.3) is 0 Å². The average molecular weight is 765 g/mol. The van der Waals surface area contributed by atoms with Crippen LogP contribution in [-0.4, -0.2) is 4.57 Å². The number of para-hydroxylation sites is 1. The summed E-state index contributed by atoms with van der Waals surface area (Å²) >= 11 is 0. The molecule has 0 N–H and O–H groups in total. The highest BCUT2D eigenvalue weighted by Gasteiger charge is 2.40. The Kier molecular flexibility index (Phi) is 8.05. The molecule has 0 saturated heterocycles. The first-order valence-electron chi connectivity index (χ1n) is 21.8. The number of hydrogen-bond donors (Lipinski definition) is 0. The molecule has 0 spiro atoms. The lowest BCUT2D eigenvalue weighted by Gasteiger charge is -2.37. The van der Waals surface area contributed by atoms with Crippen molar-refractivity contribution in [3.8, 4) is 5.69 Å². The molecule has 290 valence electrons. The number of anilines is 2. The third-order valence-corrected chi connectivity index (χ3v) is 14.3. The summed E-state index contributed by atoms with van der Waals surface area (Å²) in [6, 6.07) is 48.3. The average Bonchev–Trinajstić information content (AvgIpc) is 3.72. The predicted molar refractivity (Wildman–Crippen MR) is 254 cm³/mol. The number of rotatable bonds is 5. The number of aromatic nitrogens is 1. The Labute approximate surface area is 348 Å². The van der Waals surface area contributed by atoms with Crippen LogP contribution in [0, 0.1) is 17.3 Å². The van der Waals surface area contributed by atoms with Crippen LogP contribution in [0.1, 0.15) is 71.9 Å². The minimum Gasteiger partial charge on any atom is -0.310 e. The largest absolute Gasteiger partial charge is 0.310 e. The van der Waals surface area contributed by atoms with Gasteiger partial charge in [0.2, 0.25) is 0 Å². The van der Waals surface area contributed by atoms with E-state index in [4.69, 9.17) is 0 Å². The van der Waals surface area contributed by atoms with Crippen molar-refractivity contribution in [2.24, 2.45) is 17.3 Å². The van der Waals surface area contributed by atoms with Crippen molar-refractivity contribution in [2.75, 3.05) is 4.90 Å². The van der Waals surface area contributed by atoms with E-state index < -0.39 is 0 Å². The number of fused-ring (bicyclic) bond motifs is 11. The summed E-state index contributed by atoms with van der Waals surface area (Å²) in [6.07, 6.45) is 15.5. The lowest BCUT2D eigenvalue weighted by Crippen LogP contribution is -2.28. The normalized spacial score (nSPS) is 20.3. The van der Waals surface area contributed by atoms with Gasteiger partial charge in [-0.05, 0) is 128 Å². The smallest absolute Gasteiger partial charge is 0.0561 e. The number of benzene rings is 7. The maximum Gasteiger partial charge on any atom is 0.0561 e. The van der Waals surface area contributed by atoms with Gasteiger partial charge in [-0.2, -0.15) is 0 Å². The van der Waals surface area contributed by atoms with E-state index in [0.717, 1.165) is 24.9 Å². The van der Waals surface area contributed by atoms with Gasteiger partial charge in [0, 0.05) is 38.6 Å². The van der Waals surface area contributed by atoms with Crippen molar-refractivity contribution in [3.05, 3.63) is 180 Å². The lowest BCUT2D eigenvalue weighted by atomic mass is 9.71. The van der Waals surface area contributed by atoms with Crippen molar-refractivity contribution < 1.29 is 0 Å². The molecule has 8 aromatic rings. The molecule has 0 amide bonds. The minimum atomic E-state index is 0.00102. The van der Waals surface area contributed by atoms with E-state index in [9.17, 15) is 0 Å². The predicted octanol–water partition coefficient (Wildman–Crippen LogP) is 15.9. The number of allylic oxidation sites excluding steroid dienone is 7. The van der Waals surface area contributed by atoms with Crippen LogP contribution in [0.4, 0.5) is 11.4 Å². The van der Waals surface area contributed by atoms with Crippen LogP contribution in [0.5, 0.6) is 0 Å². The molecule has 1 aromatic heterocycles. The summed E-state index contributed by atoms with van der Waals surface area (Å²) in [5, 5.41) is 10.3. The van der Waals surface area contributed by atoms with Gasteiger partial charge in [0.1, 0.15) is 0 Å². The molecule has 0 saturated carbocycles. The van der Waals surface area contributed by atoms with Gasteiger partial charge < -0.3 is 9.47 Å². The van der Waals surface area contributed by atoms with Gasteiger partial charge in [-0.15, -0.1) is 0 Å². The van der Waals surface area contributed by atoms with Crippen molar-refractivity contribution in [1.29, 1.82) is 0 Å². The first kappa shape index (κ1) is 36.0. The Balaban J connectivity index is 1.18. The van der Waals surface area contributed by atoms with Gasteiger partial charge in [0.15, 0.2) is 0 Å². The van der Waals surface area contributed by atoms with Crippen LogP contribution >= 0.6 is 0 Å². The van der Waals surface area contributed by atoms with E-state index in [-0.39, 0.29) is 10.8 Å². The fraction of sp³-hybridized carbons (Fsp3) is 0.228. The highest BCUT2D eigenvalue weighted by atomic mass is 15.2. The monoisotopic (exact) mass is 764 g/mol. The van der Waals surface area contributed by atoms with Crippen LogP contribution in [0.2, 0.25) is 0 Å². The van der Waals surface area contributed by atoms with Crippen molar-refractivity contribution in [1.82, 2.24) is 4.57 Å². The fourth-order valence-electron chi connectivity index (χ4n) is 11.3. The summed E-state index contributed by atoms with van der Waals surface area (Å²) in [6.45, 7) is 14.3. The molecule has 2 heteroatoms. The molecule has 0 bridgehead atoms. The molecule has 2 nitrogen and oxygen atoms in total. The molecule has 59 heavy (non-hydrogen) atoms. The van der Waals surface area contributed by atoms with E-state index in [1.807, 2.05) is 0 Å². The molecule has 11 rings (SSSR count). The van der Waals surface area contributed by atoms with Gasteiger partial charge >= 0.3 is 0 Å². The molecule has 3 aliphatic carbocycles. The molecule has 7 aromatic carbocycles. The molecule has 3 unspecified atom stereocenters. The second-order valence-electron chi connectivity index (χ2n) is 18.6. The highest BCUT2D eigenvalue weighted by Crippen LogP contribution is 2.53. The molecular formula is C57H52N2. The molecule has 1 heterocycles. The maximum atomic E-state index is 2.55. The summed E-state index contributed by atoms with van der Waals surface area (Å²) < 4.78 is 2.53. The van der Waals surface area contributed by atoms with Gasteiger partial charge in [0.05, 0.1) is 16.7 Å². The first-order valence-corrected chi connectivity index (χ1v) is 21.8. The van der Waals surface area contributed by atoms with Crippen LogP contribution < -0.4 is 4.90 Å². The molecule has 0 aliphatic heterocycles. The third kappa shape index (κ3) is 5.31. The fourth-order valence-corrected chi connectivity index (χ4v) is 11.3. The zero-order valence-corrected chi connectivity index (χ0v) is 35.2. The summed E-state index contributed by atoms with van der Waals surface area (Å²) in [5.41, 5.74) is 13.4. The van der Waals surface area contributed by atoms with Crippen LogP contribution in [-0.2, 0) is 5.41 Å². The van der Waals surface area contributed by atoms with Crippen molar-refractivity contribution in [2.45, 2.75) is 66.2 Å².